The fourth-order valence-electron chi connectivity index (χ4n) is 4.00. The molecule has 7 nitrogen and oxygen atoms in total. The molecule has 25 heavy (non-hydrogen) atoms. The molecule has 7 heteroatoms. The van der Waals surface area contributed by atoms with Gasteiger partial charge in [-0.2, -0.15) is 0 Å². The van der Waals surface area contributed by atoms with Gasteiger partial charge in [-0.3, -0.25) is 14.4 Å². The third kappa shape index (κ3) is 4.20. The summed E-state index contributed by atoms with van der Waals surface area (Å²) in [5, 5.41) is 0. The first-order chi connectivity index (χ1) is 11.6. The van der Waals surface area contributed by atoms with Crippen LogP contribution in [0.4, 0.5) is 0 Å². The Balaban J connectivity index is 2.08. The van der Waals surface area contributed by atoms with Gasteiger partial charge >= 0.3 is 0 Å². The molecule has 2 heterocycles. The Bertz CT molecular complexity index is 508. The monoisotopic (exact) mass is 352 g/mol. The van der Waals surface area contributed by atoms with Crippen LogP contribution < -0.4 is 11.5 Å². The van der Waals surface area contributed by atoms with Gasteiger partial charge in [-0.1, -0.05) is 27.7 Å². The number of amides is 2. The van der Waals surface area contributed by atoms with E-state index in [1.807, 2.05) is 27.7 Å². The van der Waals surface area contributed by atoms with Crippen molar-refractivity contribution in [3.63, 3.8) is 0 Å². The first-order valence-corrected chi connectivity index (χ1v) is 9.28. The average molecular weight is 352 g/mol. The molecule has 4 atom stereocenters. The molecule has 4 unspecified atom stereocenters. The van der Waals surface area contributed by atoms with Crippen molar-refractivity contribution in [1.82, 2.24) is 9.80 Å². The summed E-state index contributed by atoms with van der Waals surface area (Å²) in [5.41, 5.74) is 12.0. The number of hydrogen-bond donors (Lipinski definition) is 2. The molecule has 0 saturated carbocycles. The summed E-state index contributed by atoms with van der Waals surface area (Å²) >= 11 is 0. The molecule has 0 spiro atoms. The molecule has 2 fully saturated rings. The van der Waals surface area contributed by atoms with Crippen LogP contribution >= 0.6 is 0 Å². The number of Topliss-reactive ketones (excluding diaryl/α,β-unsaturated/α-hetero) is 1. The molecule has 4 N–H and O–H groups in total. The van der Waals surface area contributed by atoms with E-state index in [4.69, 9.17) is 11.5 Å². The third-order valence-electron chi connectivity index (χ3n) is 5.07. The predicted octanol–water partition coefficient (Wildman–Crippen LogP) is 0.114. The fraction of sp³-hybridized carbons (Fsp3) is 0.833. The largest absolute Gasteiger partial charge is 0.329 e. The number of ketones is 1. The number of fused-ring (bicyclic) bond motifs is 1. The summed E-state index contributed by atoms with van der Waals surface area (Å²) in [5.74, 6) is 0.163. The van der Waals surface area contributed by atoms with Gasteiger partial charge in [0, 0.05) is 6.54 Å². The van der Waals surface area contributed by atoms with E-state index in [0.717, 1.165) is 0 Å². The summed E-state index contributed by atoms with van der Waals surface area (Å²) in [4.78, 5) is 41.0. The maximum absolute atomic E-state index is 12.6. The first kappa shape index (κ1) is 19.8. The summed E-state index contributed by atoms with van der Waals surface area (Å²) in [6.07, 6.45) is 1.78. The van der Waals surface area contributed by atoms with Gasteiger partial charge in [-0.25, -0.2) is 0 Å². The Kier molecular flexibility index (Phi) is 6.21. The highest BCUT2D eigenvalue weighted by Gasteiger charge is 2.52. The van der Waals surface area contributed by atoms with Crippen molar-refractivity contribution in [1.29, 1.82) is 0 Å². The molecule has 2 rings (SSSR count). The maximum Gasteiger partial charge on any atom is 0.240 e. The molecule has 0 aromatic carbocycles. The number of nitrogens with two attached hydrogens (primary N) is 2. The van der Waals surface area contributed by atoms with Crippen LogP contribution in [0.25, 0.3) is 0 Å². The highest BCUT2D eigenvalue weighted by molar-refractivity contribution is 5.99. The van der Waals surface area contributed by atoms with Gasteiger partial charge in [0.15, 0.2) is 5.78 Å². The number of rotatable bonds is 6. The topological polar surface area (TPSA) is 110 Å². The van der Waals surface area contributed by atoms with Crippen LogP contribution in [0.1, 0.15) is 47.0 Å². The van der Waals surface area contributed by atoms with E-state index < -0.39 is 18.1 Å². The van der Waals surface area contributed by atoms with E-state index in [-0.39, 0.29) is 30.2 Å². The van der Waals surface area contributed by atoms with Gasteiger partial charge in [0.2, 0.25) is 11.8 Å². The number of carbonyl (C=O) groups excluding carboxylic acids is 3. The lowest BCUT2D eigenvalue weighted by Crippen LogP contribution is -2.51. The third-order valence-corrected chi connectivity index (χ3v) is 5.07. The molecule has 0 aliphatic carbocycles. The molecule has 0 radical (unpaired) electrons. The Morgan fingerprint density at radius 3 is 1.96 bits per heavy atom. The fourth-order valence-corrected chi connectivity index (χ4v) is 4.00. The molecular weight excluding hydrogens is 320 g/mol. The van der Waals surface area contributed by atoms with Crippen LogP contribution in [0.3, 0.4) is 0 Å². The Morgan fingerprint density at radius 2 is 1.48 bits per heavy atom. The van der Waals surface area contributed by atoms with Crippen LogP contribution in [0.2, 0.25) is 0 Å². The zero-order valence-electron chi connectivity index (χ0n) is 15.8. The number of hydrogen-bond acceptors (Lipinski definition) is 5. The van der Waals surface area contributed by atoms with Crippen molar-refractivity contribution in [2.45, 2.75) is 71.1 Å². The standard InChI is InChI=1S/C18H32N4O3/c1-10(2)7-12(19)17(24)21-6-5-14-16(21)15(23)9-22(14)18(25)13(20)8-11(3)4/h10-14,16H,5-9,19-20H2,1-4H3. The Labute approximate surface area is 150 Å². The summed E-state index contributed by atoms with van der Waals surface area (Å²) in [7, 11) is 0. The maximum atomic E-state index is 12.6. The molecule has 2 aliphatic rings. The molecule has 0 aromatic heterocycles. The molecule has 2 aliphatic heterocycles. The van der Waals surface area contributed by atoms with Gasteiger partial charge < -0.3 is 21.3 Å². The molecule has 0 aromatic rings. The van der Waals surface area contributed by atoms with E-state index in [2.05, 4.69) is 0 Å². The van der Waals surface area contributed by atoms with E-state index in [1.165, 1.54) is 0 Å². The summed E-state index contributed by atoms with van der Waals surface area (Å²) < 4.78 is 0. The minimum Gasteiger partial charge on any atom is -0.329 e. The van der Waals surface area contributed by atoms with Gasteiger partial charge in [0.05, 0.1) is 24.7 Å². The lowest BCUT2D eigenvalue weighted by atomic mass is 10.0. The van der Waals surface area contributed by atoms with E-state index >= 15 is 0 Å². The summed E-state index contributed by atoms with van der Waals surface area (Å²) in [6, 6.07) is -2.01. The van der Waals surface area contributed by atoms with E-state index in [0.29, 0.717) is 37.6 Å². The van der Waals surface area contributed by atoms with Crippen LogP contribution in [-0.4, -0.2) is 64.7 Å². The van der Waals surface area contributed by atoms with Crippen molar-refractivity contribution >= 4 is 17.6 Å². The summed E-state index contributed by atoms with van der Waals surface area (Å²) in [6.45, 7) is 8.56. The van der Waals surface area contributed by atoms with Crippen molar-refractivity contribution in [2.24, 2.45) is 23.3 Å². The second kappa shape index (κ2) is 7.83. The van der Waals surface area contributed by atoms with Crippen molar-refractivity contribution in [2.75, 3.05) is 13.1 Å². The van der Waals surface area contributed by atoms with Crippen LogP contribution in [-0.2, 0) is 14.4 Å². The van der Waals surface area contributed by atoms with Crippen LogP contribution in [0.15, 0.2) is 0 Å². The van der Waals surface area contributed by atoms with Crippen LogP contribution in [0.5, 0.6) is 0 Å². The minimum absolute atomic E-state index is 0.0448. The Morgan fingerprint density at radius 1 is 1.00 bits per heavy atom. The molecule has 2 saturated heterocycles. The quantitative estimate of drug-likeness (QED) is 0.705. The minimum atomic E-state index is -0.598. The number of likely N-dealkylation sites (tertiary alicyclic amines) is 2. The molecule has 2 amide bonds. The first-order valence-electron chi connectivity index (χ1n) is 9.28. The lowest BCUT2D eigenvalue weighted by molar-refractivity contribution is -0.137. The normalized spacial score (nSPS) is 25.7. The highest BCUT2D eigenvalue weighted by Crippen LogP contribution is 2.31. The van der Waals surface area contributed by atoms with E-state index in [1.54, 1.807) is 9.80 Å². The smallest absolute Gasteiger partial charge is 0.240 e. The molecule has 0 bridgehead atoms. The van der Waals surface area contributed by atoms with Crippen molar-refractivity contribution in [3.8, 4) is 0 Å². The highest BCUT2D eigenvalue weighted by atomic mass is 16.2. The average Bonchev–Trinajstić information content (AvgIpc) is 3.06. The van der Waals surface area contributed by atoms with Crippen LogP contribution in [0, 0.1) is 11.8 Å². The van der Waals surface area contributed by atoms with Crippen molar-refractivity contribution < 1.29 is 14.4 Å². The second-order valence-electron chi connectivity index (χ2n) is 8.24. The molecular formula is C18H32N4O3. The van der Waals surface area contributed by atoms with Gasteiger partial charge in [0.1, 0.15) is 6.04 Å². The van der Waals surface area contributed by atoms with Gasteiger partial charge in [-0.05, 0) is 31.1 Å². The van der Waals surface area contributed by atoms with E-state index in [9.17, 15) is 14.4 Å². The van der Waals surface area contributed by atoms with Crippen molar-refractivity contribution in [3.05, 3.63) is 0 Å². The SMILES string of the molecule is CC(C)CC(N)C(=O)N1CC(=O)C2C1CCN2C(=O)C(N)CC(C)C. The number of carbonyl (C=O) groups is 3. The zero-order valence-corrected chi connectivity index (χ0v) is 15.8. The Hall–Kier alpha value is -1.47. The van der Waals surface area contributed by atoms with Gasteiger partial charge in [-0.15, -0.1) is 0 Å². The zero-order chi connectivity index (χ0) is 18.9. The van der Waals surface area contributed by atoms with Gasteiger partial charge in [0.25, 0.3) is 0 Å². The number of nitrogens with zero attached hydrogens (tertiary/aromatic N) is 2. The molecule has 142 valence electrons. The predicted molar refractivity (Wildman–Crippen MR) is 95.5 cm³/mol. The lowest BCUT2D eigenvalue weighted by Gasteiger charge is -2.28. The second-order valence-corrected chi connectivity index (χ2v) is 8.24.